The fraction of sp³-hybridized carbons (Fsp3) is 0.125. The first-order valence-electron chi connectivity index (χ1n) is 3.10. The first kappa shape index (κ1) is 7.22. The Kier molecular flexibility index (Phi) is 2.40. The number of aromatic nitrogens is 1. The van der Waals surface area contributed by atoms with Crippen molar-refractivity contribution in [2.75, 3.05) is 0 Å². The van der Waals surface area contributed by atoms with Gasteiger partial charge < -0.3 is 4.57 Å². The summed E-state index contributed by atoms with van der Waals surface area (Å²) < 4.78 is 2.89. The van der Waals surface area contributed by atoms with Crippen molar-refractivity contribution in [2.45, 2.75) is 6.54 Å². The van der Waals surface area contributed by atoms with Crippen LogP contribution < -0.4 is 0 Å². The molecule has 0 aromatic carbocycles. The zero-order valence-electron chi connectivity index (χ0n) is 5.66. The predicted octanol–water partition coefficient (Wildman–Crippen LogP) is 2.40. The van der Waals surface area contributed by atoms with Gasteiger partial charge in [0, 0.05) is 23.4 Å². The van der Waals surface area contributed by atoms with E-state index in [0.29, 0.717) is 0 Å². The summed E-state index contributed by atoms with van der Waals surface area (Å²) in [5.41, 5.74) is 0. The Morgan fingerprint density at radius 3 is 2.60 bits per heavy atom. The van der Waals surface area contributed by atoms with Gasteiger partial charge in [-0.2, -0.15) is 0 Å². The highest BCUT2D eigenvalue weighted by Gasteiger charge is 1.80. The van der Waals surface area contributed by atoms with Gasteiger partial charge in [0.1, 0.15) is 0 Å². The van der Waals surface area contributed by atoms with Gasteiger partial charge >= 0.3 is 0 Å². The summed E-state index contributed by atoms with van der Waals surface area (Å²) in [5, 5.41) is 0. The van der Waals surface area contributed by atoms with Gasteiger partial charge in [0.05, 0.1) is 0 Å². The molecule has 0 aliphatic rings. The highest BCUT2D eigenvalue weighted by Crippen LogP contribution is 1.91. The molecule has 2 heteroatoms. The van der Waals surface area contributed by atoms with E-state index in [0.717, 1.165) is 11.1 Å². The topological polar surface area (TPSA) is 4.93 Å². The Morgan fingerprint density at radius 2 is 2.10 bits per heavy atom. The van der Waals surface area contributed by atoms with Gasteiger partial charge in [0.25, 0.3) is 0 Å². The predicted molar refractivity (Wildman–Crippen MR) is 45.5 cm³/mol. The molecule has 0 saturated heterocycles. The maximum Gasteiger partial charge on any atom is 0.0406 e. The number of nitrogens with zero attached hydrogens (tertiary/aromatic N) is 1. The molecule has 0 bridgehead atoms. The first-order chi connectivity index (χ1) is 4.83. The van der Waals surface area contributed by atoms with Crippen molar-refractivity contribution in [3.8, 4) is 0 Å². The molecule has 0 amide bonds. The number of hydrogen-bond acceptors (Lipinski definition) is 1. The molecular formula is C8H9NS. The monoisotopic (exact) mass is 151 g/mol. The van der Waals surface area contributed by atoms with Crippen LogP contribution in [0.25, 0.3) is 0 Å². The van der Waals surface area contributed by atoms with Gasteiger partial charge in [-0.3, -0.25) is 0 Å². The third kappa shape index (κ3) is 1.81. The van der Waals surface area contributed by atoms with E-state index in [1.165, 1.54) is 0 Å². The van der Waals surface area contributed by atoms with Crippen LogP contribution in [-0.2, 0) is 6.54 Å². The van der Waals surface area contributed by atoms with Crippen LogP contribution in [0.1, 0.15) is 0 Å². The molecule has 1 heterocycles. The lowest BCUT2D eigenvalue weighted by Crippen LogP contribution is -1.92. The summed E-state index contributed by atoms with van der Waals surface area (Å²) in [6.45, 7) is 4.47. The highest BCUT2D eigenvalue weighted by molar-refractivity contribution is 7.71. The lowest BCUT2D eigenvalue weighted by Gasteiger charge is -1.98. The van der Waals surface area contributed by atoms with Crippen LogP contribution in [-0.4, -0.2) is 4.57 Å². The summed E-state index contributed by atoms with van der Waals surface area (Å²) in [5.74, 6) is 0. The lowest BCUT2D eigenvalue weighted by atomic mass is 10.5. The standard InChI is InChI=1S/C8H9NS/c1-2-5-9-6-3-8(10)4-7-9/h2-4,6-7H,1,5H2. The summed E-state index contributed by atoms with van der Waals surface area (Å²) >= 11 is 4.92. The Hall–Kier alpha value is -0.890. The van der Waals surface area contributed by atoms with Crippen LogP contribution in [0.3, 0.4) is 0 Å². The molecule has 0 unspecified atom stereocenters. The second-order valence-corrected chi connectivity index (χ2v) is 2.49. The van der Waals surface area contributed by atoms with Crippen molar-refractivity contribution in [1.82, 2.24) is 4.57 Å². The Labute approximate surface area is 65.6 Å². The van der Waals surface area contributed by atoms with Crippen molar-refractivity contribution in [3.05, 3.63) is 41.7 Å². The lowest BCUT2D eigenvalue weighted by molar-refractivity contribution is 0.814. The molecule has 0 saturated carbocycles. The zero-order valence-corrected chi connectivity index (χ0v) is 6.47. The third-order valence-corrected chi connectivity index (χ3v) is 1.47. The van der Waals surface area contributed by atoms with Crippen LogP contribution in [0, 0.1) is 4.51 Å². The van der Waals surface area contributed by atoms with Crippen molar-refractivity contribution in [3.63, 3.8) is 0 Å². The Bertz CT molecular complexity index is 254. The van der Waals surface area contributed by atoms with Gasteiger partial charge in [-0.1, -0.05) is 18.3 Å². The van der Waals surface area contributed by atoms with E-state index in [2.05, 4.69) is 6.58 Å². The summed E-state index contributed by atoms with van der Waals surface area (Å²) in [7, 11) is 0. The number of hydrogen-bond donors (Lipinski definition) is 0. The van der Waals surface area contributed by atoms with E-state index >= 15 is 0 Å². The maximum absolute atomic E-state index is 4.92. The van der Waals surface area contributed by atoms with Crippen LogP contribution in [0.4, 0.5) is 0 Å². The first-order valence-corrected chi connectivity index (χ1v) is 3.51. The quantitative estimate of drug-likeness (QED) is 0.464. The molecule has 0 N–H and O–H groups in total. The molecule has 52 valence electrons. The fourth-order valence-electron chi connectivity index (χ4n) is 0.714. The van der Waals surface area contributed by atoms with E-state index < -0.39 is 0 Å². The van der Waals surface area contributed by atoms with E-state index in [4.69, 9.17) is 12.2 Å². The molecule has 0 aliphatic carbocycles. The molecule has 0 radical (unpaired) electrons. The molecule has 10 heavy (non-hydrogen) atoms. The maximum atomic E-state index is 4.92. The molecule has 1 nitrogen and oxygen atoms in total. The van der Waals surface area contributed by atoms with Crippen LogP contribution in [0.5, 0.6) is 0 Å². The minimum absolute atomic E-state index is 0.843. The molecule has 1 rings (SSSR count). The van der Waals surface area contributed by atoms with E-state index in [-0.39, 0.29) is 0 Å². The second kappa shape index (κ2) is 3.32. The fourth-order valence-corrected chi connectivity index (χ4v) is 0.836. The molecule has 1 aromatic rings. The largest absolute Gasteiger partial charge is 0.350 e. The van der Waals surface area contributed by atoms with Crippen molar-refractivity contribution in [2.24, 2.45) is 0 Å². The average molecular weight is 151 g/mol. The minimum Gasteiger partial charge on any atom is -0.350 e. The van der Waals surface area contributed by atoms with E-state index in [9.17, 15) is 0 Å². The number of rotatable bonds is 2. The van der Waals surface area contributed by atoms with Gasteiger partial charge in [-0.05, 0) is 12.1 Å². The Morgan fingerprint density at radius 1 is 1.50 bits per heavy atom. The molecule has 0 spiro atoms. The SMILES string of the molecule is C=CCn1ccc(=S)cc1. The Balaban J connectivity index is 2.89. The van der Waals surface area contributed by atoms with Crippen molar-refractivity contribution < 1.29 is 0 Å². The normalized spacial score (nSPS) is 9.20. The summed E-state index contributed by atoms with van der Waals surface area (Å²) in [6.07, 6.45) is 5.75. The number of allylic oxidation sites excluding steroid dienone is 1. The number of pyridine rings is 1. The zero-order chi connectivity index (χ0) is 7.40. The van der Waals surface area contributed by atoms with Crippen LogP contribution in [0.15, 0.2) is 37.2 Å². The van der Waals surface area contributed by atoms with Gasteiger partial charge in [-0.15, -0.1) is 6.58 Å². The van der Waals surface area contributed by atoms with E-state index in [1.807, 2.05) is 35.2 Å². The second-order valence-electron chi connectivity index (χ2n) is 2.02. The van der Waals surface area contributed by atoms with Crippen LogP contribution in [0.2, 0.25) is 0 Å². The molecule has 1 aromatic heterocycles. The van der Waals surface area contributed by atoms with Gasteiger partial charge in [0.2, 0.25) is 0 Å². The molecular weight excluding hydrogens is 142 g/mol. The summed E-state index contributed by atoms with van der Waals surface area (Å²) in [4.78, 5) is 0. The van der Waals surface area contributed by atoms with Crippen molar-refractivity contribution >= 4 is 12.2 Å². The van der Waals surface area contributed by atoms with E-state index in [1.54, 1.807) is 0 Å². The van der Waals surface area contributed by atoms with Gasteiger partial charge in [-0.25, -0.2) is 0 Å². The van der Waals surface area contributed by atoms with Gasteiger partial charge in [0.15, 0.2) is 0 Å². The van der Waals surface area contributed by atoms with Crippen molar-refractivity contribution in [1.29, 1.82) is 0 Å². The molecule has 0 atom stereocenters. The smallest absolute Gasteiger partial charge is 0.0406 e. The van der Waals surface area contributed by atoms with Crippen LogP contribution >= 0.6 is 12.2 Å². The summed E-state index contributed by atoms with van der Waals surface area (Å²) in [6, 6.07) is 3.80. The minimum atomic E-state index is 0.843. The molecule has 0 aliphatic heterocycles. The third-order valence-electron chi connectivity index (χ3n) is 1.20. The highest BCUT2D eigenvalue weighted by atomic mass is 32.1. The average Bonchev–Trinajstić information content (AvgIpc) is 1.95. The molecule has 0 fully saturated rings.